The summed E-state index contributed by atoms with van der Waals surface area (Å²) in [5, 5.41) is 3.41. The highest BCUT2D eigenvalue weighted by molar-refractivity contribution is 5.85. The third kappa shape index (κ3) is 3.30. The molecule has 1 aromatic rings. The first kappa shape index (κ1) is 14.4. The molecule has 106 valence electrons. The van der Waals surface area contributed by atoms with E-state index >= 15 is 0 Å². The Balaban J connectivity index is 0.00000133. The molecule has 2 aliphatic rings. The number of hydrogen-bond acceptors (Lipinski definition) is 3. The van der Waals surface area contributed by atoms with Gasteiger partial charge in [0, 0.05) is 12.1 Å². The molecule has 1 saturated heterocycles. The molecule has 1 aliphatic heterocycles. The number of halogens is 4. The lowest BCUT2D eigenvalue weighted by Gasteiger charge is -2.14. The molecular formula is C12H14ClF3N2O. The molecule has 0 radical (unpaired) electrons. The van der Waals surface area contributed by atoms with Gasteiger partial charge in [-0.1, -0.05) is 0 Å². The van der Waals surface area contributed by atoms with E-state index in [1.54, 1.807) is 0 Å². The van der Waals surface area contributed by atoms with Gasteiger partial charge >= 0.3 is 6.18 Å². The molecule has 0 aromatic carbocycles. The maximum atomic E-state index is 12.3. The number of pyridine rings is 1. The number of piperidine rings is 1. The van der Waals surface area contributed by atoms with Gasteiger partial charge in [0.25, 0.3) is 0 Å². The second-order valence-electron chi connectivity index (χ2n) is 4.89. The van der Waals surface area contributed by atoms with Crippen LogP contribution in [0.3, 0.4) is 0 Å². The second kappa shape index (κ2) is 5.17. The smallest absolute Gasteiger partial charge is 0.433 e. The van der Waals surface area contributed by atoms with Crippen molar-refractivity contribution in [1.29, 1.82) is 0 Å². The van der Waals surface area contributed by atoms with Crippen LogP contribution in [-0.4, -0.2) is 23.7 Å². The molecule has 1 saturated carbocycles. The summed E-state index contributed by atoms with van der Waals surface area (Å²) in [6.07, 6.45) is -0.928. The Hall–Kier alpha value is -1.01. The van der Waals surface area contributed by atoms with Crippen molar-refractivity contribution in [2.24, 2.45) is 5.92 Å². The molecule has 3 atom stereocenters. The number of hydrogen-bond donors (Lipinski definition) is 1. The Morgan fingerprint density at radius 1 is 1.32 bits per heavy atom. The van der Waals surface area contributed by atoms with Gasteiger partial charge in [0.2, 0.25) is 0 Å². The van der Waals surface area contributed by atoms with Crippen molar-refractivity contribution in [2.45, 2.75) is 31.1 Å². The zero-order chi connectivity index (χ0) is 12.8. The monoisotopic (exact) mass is 294 g/mol. The standard InChI is InChI=1S/C12H13F3N2O.ClH/c13-12(14,15)11-2-1-9(5-16-11)18-6-8-3-7-4-10(7)17-8;/h1-2,5,7-8,10,17H,3-4,6H2;1H/t7-,8-,10+;/m0./s1. The number of aromatic nitrogens is 1. The minimum atomic E-state index is -4.40. The van der Waals surface area contributed by atoms with Gasteiger partial charge in [-0.2, -0.15) is 13.2 Å². The number of rotatable bonds is 3. The average Bonchev–Trinajstić information content (AvgIpc) is 2.94. The first-order chi connectivity index (χ1) is 8.52. The summed E-state index contributed by atoms with van der Waals surface area (Å²) >= 11 is 0. The number of ether oxygens (including phenoxy) is 1. The van der Waals surface area contributed by atoms with Crippen LogP contribution < -0.4 is 10.1 Å². The van der Waals surface area contributed by atoms with E-state index in [0.29, 0.717) is 24.4 Å². The van der Waals surface area contributed by atoms with Crippen molar-refractivity contribution >= 4 is 12.4 Å². The maximum Gasteiger partial charge on any atom is 0.433 e. The largest absolute Gasteiger partial charge is 0.490 e. The van der Waals surface area contributed by atoms with Crippen LogP contribution in [0.1, 0.15) is 18.5 Å². The SMILES string of the molecule is Cl.FC(F)(F)c1ccc(OC[C@@H]2C[C@H]3C[C@H]3N2)cn1. The van der Waals surface area contributed by atoms with E-state index in [9.17, 15) is 13.2 Å². The van der Waals surface area contributed by atoms with E-state index in [0.717, 1.165) is 24.6 Å². The second-order valence-corrected chi connectivity index (χ2v) is 4.89. The zero-order valence-electron chi connectivity index (χ0n) is 9.98. The van der Waals surface area contributed by atoms with E-state index in [4.69, 9.17) is 4.74 Å². The van der Waals surface area contributed by atoms with Gasteiger partial charge in [0.1, 0.15) is 18.1 Å². The first-order valence-corrected chi connectivity index (χ1v) is 5.94. The van der Waals surface area contributed by atoms with Gasteiger partial charge in [-0.3, -0.25) is 0 Å². The Morgan fingerprint density at radius 2 is 2.11 bits per heavy atom. The predicted octanol–water partition coefficient (Wildman–Crippen LogP) is 2.65. The van der Waals surface area contributed by atoms with E-state index in [1.165, 1.54) is 12.5 Å². The van der Waals surface area contributed by atoms with Crippen molar-refractivity contribution in [3.05, 3.63) is 24.0 Å². The van der Waals surface area contributed by atoms with Crippen molar-refractivity contribution in [2.75, 3.05) is 6.61 Å². The Labute approximate surface area is 115 Å². The Kier molecular flexibility index (Phi) is 3.92. The van der Waals surface area contributed by atoms with Gasteiger partial charge in [-0.15, -0.1) is 12.4 Å². The van der Waals surface area contributed by atoms with Crippen molar-refractivity contribution in [3.8, 4) is 5.75 Å². The summed E-state index contributed by atoms with van der Waals surface area (Å²) < 4.78 is 42.3. The molecule has 1 aromatic heterocycles. The fraction of sp³-hybridized carbons (Fsp3) is 0.583. The molecule has 0 amide bonds. The van der Waals surface area contributed by atoms with Crippen molar-refractivity contribution in [3.63, 3.8) is 0 Å². The molecular weight excluding hydrogens is 281 g/mol. The average molecular weight is 295 g/mol. The molecule has 0 spiro atoms. The maximum absolute atomic E-state index is 12.3. The lowest BCUT2D eigenvalue weighted by molar-refractivity contribution is -0.141. The summed E-state index contributed by atoms with van der Waals surface area (Å²) in [5.74, 6) is 1.16. The molecule has 2 fully saturated rings. The molecule has 3 nitrogen and oxygen atoms in total. The van der Waals surface area contributed by atoms with E-state index < -0.39 is 11.9 Å². The van der Waals surface area contributed by atoms with E-state index in [-0.39, 0.29) is 12.4 Å². The van der Waals surface area contributed by atoms with Gasteiger partial charge in [0.05, 0.1) is 6.20 Å². The number of nitrogens with one attached hydrogen (secondary N) is 1. The number of alkyl halides is 3. The fourth-order valence-electron chi connectivity index (χ4n) is 2.39. The van der Waals surface area contributed by atoms with Crippen LogP contribution in [0.4, 0.5) is 13.2 Å². The summed E-state index contributed by atoms with van der Waals surface area (Å²) in [6, 6.07) is 3.21. The summed E-state index contributed by atoms with van der Waals surface area (Å²) in [4.78, 5) is 3.35. The molecule has 1 N–H and O–H groups in total. The highest BCUT2D eigenvalue weighted by Gasteiger charge is 2.45. The predicted molar refractivity (Wildman–Crippen MR) is 65.4 cm³/mol. The zero-order valence-corrected chi connectivity index (χ0v) is 10.8. The minimum Gasteiger partial charge on any atom is -0.490 e. The topological polar surface area (TPSA) is 34.1 Å². The summed E-state index contributed by atoms with van der Waals surface area (Å²) in [6.45, 7) is 0.486. The quantitative estimate of drug-likeness (QED) is 0.930. The van der Waals surface area contributed by atoms with Gasteiger partial charge in [0.15, 0.2) is 0 Å². The lowest BCUT2D eigenvalue weighted by Crippen LogP contribution is -2.31. The van der Waals surface area contributed by atoms with Gasteiger partial charge in [-0.25, -0.2) is 4.98 Å². The van der Waals surface area contributed by atoms with Crippen LogP contribution >= 0.6 is 12.4 Å². The van der Waals surface area contributed by atoms with Crippen molar-refractivity contribution < 1.29 is 17.9 Å². The number of fused-ring (bicyclic) bond motifs is 1. The van der Waals surface area contributed by atoms with Crippen LogP contribution in [-0.2, 0) is 6.18 Å². The highest BCUT2D eigenvalue weighted by atomic mass is 35.5. The third-order valence-corrected chi connectivity index (χ3v) is 3.44. The van der Waals surface area contributed by atoms with Crippen LogP contribution in [0.5, 0.6) is 5.75 Å². The summed E-state index contributed by atoms with van der Waals surface area (Å²) in [7, 11) is 0. The molecule has 7 heteroatoms. The molecule has 0 unspecified atom stereocenters. The van der Waals surface area contributed by atoms with Crippen LogP contribution in [0.15, 0.2) is 18.3 Å². The molecule has 0 bridgehead atoms. The first-order valence-electron chi connectivity index (χ1n) is 5.94. The van der Waals surface area contributed by atoms with Gasteiger partial charge in [-0.05, 0) is 30.9 Å². The normalized spacial score (nSPS) is 28.5. The Morgan fingerprint density at radius 3 is 2.63 bits per heavy atom. The molecule has 1 aliphatic carbocycles. The fourth-order valence-corrected chi connectivity index (χ4v) is 2.39. The van der Waals surface area contributed by atoms with E-state index in [1.807, 2.05) is 0 Å². The van der Waals surface area contributed by atoms with Gasteiger partial charge < -0.3 is 10.1 Å². The van der Waals surface area contributed by atoms with E-state index in [2.05, 4.69) is 10.3 Å². The van der Waals surface area contributed by atoms with Crippen LogP contribution in [0.2, 0.25) is 0 Å². The minimum absolute atomic E-state index is 0. The van der Waals surface area contributed by atoms with Crippen LogP contribution in [0, 0.1) is 5.92 Å². The van der Waals surface area contributed by atoms with Crippen LogP contribution in [0.25, 0.3) is 0 Å². The molecule has 19 heavy (non-hydrogen) atoms. The Bertz CT molecular complexity index is 428. The van der Waals surface area contributed by atoms with Crippen molar-refractivity contribution in [1.82, 2.24) is 10.3 Å². The third-order valence-electron chi connectivity index (χ3n) is 3.44. The molecule has 3 rings (SSSR count). The lowest BCUT2D eigenvalue weighted by atomic mass is 10.2. The molecule has 2 heterocycles. The highest BCUT2D eigenvalue weighted by Crippen LogP contribution is 2.40. The number of nitrogens with zero attached hydrogens (tertiary/aromatic N) is 1. The summed E-state index contributed by atoms with van der Waals surface area (Å²) in [5.41, 5.74) is -0.893.